The summed E-state index contributed by atoms with van der Waals surface area (Å²) in [6.45, 7) is 1.91. The van der Waals surface area contributed by atoms with Gasteiger partial charge in [-0.2, -0.15) is 0 Å². The molecule has 0 aromatic heterocycles. The lowest BCUT2D eigenvalue weighted by molar-refractivity contribution is 0.0672. The first-order valence-corrected chi connectivity index (χ1v) is 17.0. The second-order valence-corrected chi connectivity index (χ2v) is 12.6. The predicted molar refractivity (Wildman–Crippen MR) is 209 cm³/mol. The van der Waals surface area contributed by atoms with Crippen molar-refractivity contribution in [3.63, 3.8) is 0 Å². The van der Waals surface area contributed by atoms with E-state index in [-0.39, 0.29) is 11.4 Å². The number of carbonyl (C=O) groups is 9. The topological polar surface area (TPSA) is 312 Å². The molecule has 5 rings (SSSR count). The second-order valence-electron chi connectivity index (χ2n) is 12.6. The van der Waals surface area contributed by atoms with E-state index in [0.29, 0.717) is 35.8 Å². The Morgan fingerprint density at radius 3 is 1.08 bits per heavy atom. The van der Waals surface area contributed by atoms with Crippen LogP contribution in [0.1, 0.15) is 98.8 Å². The van der Waals surface area contributed by atoms with E-state index in [1.807, 2.05) is 19.1 Å². The number of carbonyl (C=O) groups excluding carboxylic acids is 4. The number of aromatic carboxylic acids is 5. The molecule has 304 valence electrons. The summed E-state index contributed by atoms with van der Waals surface area (Å²) in [5.41, 5.74) is -6.04. The summed E-state index contributed by atoms with van der Waals surface area (Å²) in [6.07, 6.45) is 0. The molecule has 19 nitrogen and oxygen atoms in total. The molecule has 0 unspecified atom stereocenters. The molecule has 0 aliphatic carbocycles. The fourth-order valence-corrected chi connectivity index (χ4v) is 5.63. The fourth-order valence-electron chi connectivity index (χ4n) is 5.63. The van der Waals surface area contributed by atoms with Gasteiger partial charge in [0.1, 0.15) is 11.5 Å². The van der Waals surface area contributed by atoms with Gasteiger partial charge in [0.15, 0.2) is 0 Å². The predicted octanol–water partition coefficient (Wildman–Crippen LogP) is 5.39. The average Bonchev–Trinajstić information content (AvgIpc) is 3.20. The molecular weight excluding hydrogens is 788 g/mol. The number of amides is 4. The Balaban J connectivity index is 1.46. The SMILES string of the molecule is CNC(=O)c1cc(C(=O)Nc2cc(NC(=O)c3cc(C(=O)Nc4ccc(Oc5ccc(C)cc5)cc4)c(C(=O)O)cc3C(=O)O)cc(C(=O)O)c2)c(C(=O)O)cc1C(=O)O. The highest BCUT2D eigenvalue weighted by Gasteiger charge is 2.28. The van der Waals surface area contributed by atoms with Gasteiger partial charge in [-0.3, -0.25) is 19.2 Å². The molecule has 5 aromatic rings. The molecule has 60 heavy (non-hydrogen) atoms. The van der Waals surface area contributed by atoms with Gasteiger partial charge in [-0.15, -0.1) is 0 Å². The first kappa shape index (κ1) is 42.3. The van der Waals surface area contributed by atoms with E-state index in [2.05, 4.69) is 21.3 Å². The van der Waals surface area contributed by atoms with Crippen molar-refractivity contribution in [1.82, 2.24) is 5.32 Å². The van der Waals surface area contributed by atoms with Gasteiger partial charge >= 0.3 is 29.8 Å². The van der Waals surface area contributed by atoms with Crippen LogP contribution in [0.5, 0.6) is 11.5 Å². The standard InChI is InChI=1S/C41H30N4O15/c1-18-3-7-23(8-4-18)60-24-9-5-20(6-10-24)43-34(47)27-15-28(32(41(58)59)17-31(27)40(56)57)36(49)45-22-12-19(37(50)51)11-21(13-22)44-35(48)26-14-25(33(46)42-2)29(38(52)53)16-30(26)39(54)55/h3-17H,1-2H3,(H,42,46)(H,43,47)(H,44,48)(H,45,49)(H,50,51)(H,52,53)(H,54,55)(H,56,57)(H,58,59). The zero-order chi connectivity index (χ0) is 44.0. The number of benzene rings is 5. The van der Waals surface area contributed by atoms with E-state index < -0.39 is 109 Å². The molecule has 0 radical (unpaired) electrons. The van der Waals surface area contributed by atoms with Gasteiger partial charge in [-0.25, -0.2) is 24.0 Å². The van der Waals surface area contributed by atoms with Crippen molar-refractivity contribution in [1.29, 1.82) is 0 Å². The Bertz CT molecular complexity index is 2650. The lowest BCUT2D eigenvalue weighted by atomic mass is 9.96. The summed E-state index contributed by atoms with van der Waals surface area (Å²) in [7, 11) is 1.16. The first-order valence-electron chi connectivity index (χ1n) is 17.0. The smallest absolute Gasteiger partial charge is 0.336 e. The maximum atomic E-state index is 13.7. The lowest BCUT2D eigenvalue weighted by Gasteiger charge is -2.15. The van der Waals surface area contributed by atoms with Crippen molar-refractivity contribution in [3.05, 3.63) is 147 Å². The van der Waals surface area contributed by atoms with Crippen LogP contribution in [0, 0.1) is 6.92 Å². The minimum absolute atomic E-state index is 0.166. The quantitative estimate of drug-likeness (QED) is 0.0678. The van der Waals surface area contributed by atoms with Crippen LogP contribution < -0.4 is 26.0 Å². The van der Waals surface area contributed by atoms with E-state index in [0.717, 1.165) is 30.8 Å². The average molecular weight is 819 g/mol. The van der Waals surface area contributed by atoms with Crippen LogP contribution >= 0.6 is 0 Å². The molecule has 0 spiro atoms. The van der Waals surface area contributed by atoms with Crippen LogP contribution in [0.4, 0.5) is 17.1 Å². The highest BCUT2D eigenvalue weighted by Crippen LogP contribution is 2.27. The maximum absolute atomic E-state index is 13.7. The Kier molecular flexibility index (Phi) is 12.3. The highest BCUT2D eigenvalue weighted by molar-refractivity contribution is 6.18. The molecule has 0 bridgehead atoms. The Labute approximate surface area is 336 Å². The minimum Gasteiger partial charge on any atom is -0.478 e. The Morgan fingerprint density at radius 1 is 0.400 bits per heavy atom. The maximum Gasteiger partial charge on any atom is 0.336 e. The van der Waals surface area contributed by atoms with Crippen molar-refractivity contribution >= 4 is 70.5 Å². The second kappa shape index (κ2) is 17.5. The van der Waals surface area contributed by atoms with Gasteiger partial charge in [-0.05, 0) is 85.8 Å². The van der Waals surface area contributed by atoms with E-state index in [1.165, 1.54) is 24.3 Å². The largest absolute Gasteiger partial charge is 0.478 e. The monoisotopic (exact) mass is 818 g/mol. The van der Waals surface area contributed by atoms with Crippen LogP contribution in [0.2, 0.25) is 0 Å². The number of anilines is 3. The van der Waals surface area contributed by atoms with Crippen LogP contribution in [0.3, 0.4) is 0 Å². The summed E-state index contributed by atoms with van der Waals surface area (Å²) in [6, 6.07) is 18.5. The van der Waals surface area contributed by atoms with Gasteiger partial charge in [-0.1, -0.05) is 17.7 Å². The van der Waals surface area contributed by atoms with Crippen molar-refractivity contribution in [2.45, 2.75) is 6.92 Å². The zero-order valence-electron chi connectivity index (χ0n) is 31.0. The Hall–Kier alpha value is -8.87. The van der Waals surface area contributed by atoms with Crippen LogP contribution in [-0.4, -0.2) is 86.1 Å². The van der Waals surface area contributed by atoms with Gasteiger partial charge in [0.2, 0.25) is 0 Å². The fraction of sp³-hybridized carbons (Fsp3) is 0.0488. The van der Waals surface area contributed by atoms with Crippen molar-refractivity contribution < 1.29 is 73.4 Å². The molecule has 4 amide bonds. The molecule has 0 aliphatic heterocycles. The summed E-state index contributed by atoms with van der Waals surface area (Å²) in [4.78, 5) is 113. The molecule has 0 aliphatic rings. The first-order chi connectivity index (χ1) is 28.4. The molecule has 0 heterocycles. The van der Waals surface area contributed by atoms with Crippen molar-refractivity contribution in [2.75, 3.05) is 23.0 Å². The third kappa shape index (κ3) is 9.56. The van der Waals surface area contributed by atoms with Crippen LogP contribution in [0.15, 0.2) is 91.0 Å². The zero-order valence-corrected chi connectivity index (χ0v) is 31.0. The molecule has 0 atom stereocenters. The molecule has 0 fully saturated rings. The highest BCUT2D eigenvalue weighted by atomic mass is 16.5. The number of hydrogen-bond acceptors (Lipinski definition) is 10. The number of hydrogen-bond donors (Lipinski definition) is 9. The number of rotatable bonds is 14. The summed E-state index contributed by atoms with van der Waals surface area (Å²) in [5, 5.41) is 58.0. The Morgan fingerprint density at radius 2 is 0.733 bits per heavy atom. The minimum atomic E-state index is -1.77. The molecule has 0 saturated carbocycles. The molecule has 0 saturated heterocycles. The van der Waals surface area contributed by atoms with E-state index in [9.17, 15) is 68.7 Å². The van der Waals surface area contributed by atoms with Crippen molar-refractivity contribution in [3.8, 4) is 11.5 Å². The molecule has 19 heteroatoms. The summed E-state index contributed by atoms with van der Waals surface area (Å²) < 4.78 is 5.77. The van der Waals surface area contributed by atoms with E-state index >= 15 is 0 Å². The normalized spacial score (nSPS) is 10.4. The number of ether oxygens (including phenoxy) is 1. The van der Waals surface area contributed by atoms with Crippen LogP contribution in [0.25, 0.3) is 0 Å². The molecule has 9 N–H and O–H groups in total. The van der Waals surface area contributed by atoms with E-state index in [1.54, 1.807) is 12.1 Å². The van der Waals surface area contributed by atoms with Crippen LogP contribution in [-0.2, 0) is 0 Å². The number of nitrogens with one attached hydrogen (secondary N) is 4. The van der Waals surface area contributed by atoms with Gasteiger partial charge in [0.05, 0.1) is 50.1 Å². The van der Waals surface area contributed by atoms with Crippen molar-refractivity contribution in [2.24, 2.45) is 0 Å². The molecular formula is C41H30N4O15. The van der Waals surface area contributed by atoms with E-state index in [4.69, 9.17) is 4.74 Å². The summed E-state index contributed by atoms with van der Waals surface area (Å²) >= 11 is 0. The third-order valence-electron chi connectivity index (χ3n) is 8.51. The molecule has 5 aromatic carbocycles. The van der Waals surface area contributed by atoms with Gasteiger partial charge < -0.3 is 51.5 Å². The van der Waals surface area contributed by atoms with Gasteiger partial charge in [0.25, 0.3) is 23.6 Å². The number of carboxylic acid groups (broad SMARTS) is 5. The lowest BCUT2D eigenvalue weighted by Crippen LogP contribution is -2.24. The number of carboxylic acids is 5. The summed E-state index contributed by atoms with van der Waals surface area (Å²) in [5.74, 6) is -12.1. The van der Waals surface area contributed by atoms with Gasteiger partial charge in [0, 0.05) is 24.1 Å². The third-order valence-corrected chi connectivity index (χ3v) is 8.51. The number of aryl methyl sites for hydroxylation is 1.